The zero-order valence-electron chi connectivity index (χ0n) is 10.6. The molecule has 0 atom stereocenters. The summed E-state index contributed by atoms with van der Waals surface area (Å²) in [5.74, 6) is -1.62. The Balaban J connectivity index is 2.28. The van der Waals surface area contributed by atoms with Crippen LogP contribution >= 0.6 is 11.6 Å². The van der Waals surface area contributed by atoms with Crippen molar-refractivity contribution in [1.82, 2.24) is 5.32 Å². The van der Waals surface area contributed by atoms with Crippen LogP contribution in [0.2, 0.25) is 5.02 Å². The van der Waals surface area contributed by atoms with Crippen LogP contribution < -0.4 is 10.2 Å². The second-order valence-corrected chi connectivity index (χ2v) is 5.04. The summed E-state index contributed by atoms with van der Waals surface area (Å²) in [7, 11) is 0. The molecule has 6 heteroatoms. The first-order valence-corrected chi connectivity index (χ1v) is 6.23. The molecule has 1 heterocycles. The Kier molecular flexibility index (Phi) is 3.57. The molecule has 0 unspecified atom stereocenters. The number of fused-ring (bicyclic) bond motifs is 1. The van der Waals surface area contributed by atoms with Crippen molar-refractivity contribution in [2.24, 2.45) is 0 Å². The number of nitrogens with one attached hydrogen (secondary N) is 1. The molecule has 0 bridgehead atoms. The van der Waals surface area contributed by atoms with Gasteiger partial charge < -0.3 is 5.32 Å². The van der Waals surface area contributed by atoms with Crippen molar-refractivity contribution < 1.29 is 14.4 Å². The molecule has 1 N–H and O–H groups in total. The molecular weight excluding hydrogens is 268 g/mol. The van der Waals surface area contributed by atoms with E-state index in [0.717, 1.165) is 4.90 Å². The van der Waals surface area contributed by atoms with Gasteiger partial charge in [0.05, 0.1) is 11.3 Å². The molecular formula is C13H13ClN2O3. The van der Waals surface area contributed by atoms with Crippen LogP contribution in [0.4, 0.5) is 5.69 Å². The standard InChI is InChI=1S/C13H13ClN2O3/c1-7(2)15-11(17)6-16-10-5-8(14)3-4-9(10)12(18)13(16)19/h3-5,7H,6H2,1-2H3,(H,15,17). The fourth-order valence-electron chi connectivity index (χ4n) is 1.94. The van der Waals surface area contributed by atoms with Gasteiger partial charge in [0.2, 0.25) is 5.91 Å². The monoisotopic (exact) mass is 280 g/mol. The van der Waals surface area contributed by atoms with E-state index in [1.165, 1.54) is 12.1 Å². The summed E-state index contributed by atoms with van der Waals surface area (Å²) in [5.41, 5.74) is 0.674. The Morgan fingerprint density at radius 3 is 2.68 bits per heavy atom. The summed E-state index contributed by atoms with van der Waals surface area (Å²) in [6, 6.07) is 4.53. The number of hydrogen-bond donors (Lipinski definition) is 1. The van der Waals surface area contributed by atoms with E-state index in [1.54, 1.807) is 6.07 Å². The minimum Gasteiger partial charge on any atom is -0.352 e. The van der Waals surface area contributed by atoms with Gasteiger partial charge in [-0.15, -0.1) is 0 Å². The molecule has 0 radical (unpaired) electrons. The lowest BCUT2D eigenvalue weighted by molar-refractivity contribution is -0.122. The largest absolute Gasteiger partial charge is 0.352 e. The van der Waals surface area contributed by atoms with Crippen LogP contribution in [0.1, 0.15) is 24.2 Å². The van der Waals surface area contributed by atoms with Crippen molar-refractivity contribution in [3.63, 3.8) is 0 Å². The van der Waals surface area contributed by atoms with Gasteiger partial charge in [-0.1, -0.05) is 11.6 Å². The third-order valence-corrected chi connectivity index (χ3v) is 2.92. The molecule has 100 valence electrons. The molecule has 5 nitrogen and oxygen atoms in total. The lowest BCUT2D eigenvalue weighted by atomic mass is 10.1. The number of halogens is 1. The summed E-state index contributed by atoms with van der Waals surface area (Å²) in [6.45, 7) is 3.45. The molecule has 0 aromatic heterocycles. The second kappa shape index (κ2) is 5.01. The molecule has 1 aromatic rings. The molecule has 0 spiro atoms. The predicted molar refractivity (Wildman–Crippen MR) is 71.4 cm³/mol. The van der Waals surface area contributed by atoms with Gasteiger partial charge in [0.15, 0.2) is 0 Å². The van der Waals surface area contributed by atoms with E-state index < -0.39 is 11.7 Å². The van der Waals surface area contributed by atoms with E-state index in [9.17, 15) is 14.4 Å². The highest BCUT2D eigenvalue weighted by molar-refractivity contribution is 6.53. The molecule has 1 aliphatic rings. The summed E-state index contributed by atoms with van der Waals surface area (Å²) in [6.07, 6.45) is 0. The van der Waals surface area contributed by atoms with Crippen molar-refractivity contribution in [3.8, 4) is 0 Å². The van der Waals surface area contributed by atoms with Crippen LogP contribution in [0, 0.1) is 0 Å². The molecule has 0 aliphatic carbocycles. The first kappa shape index (κ1) is 13.5. The Labute approximate surface area is 115 Å². The van der Waals surface area contributed by atoms with Gasteiger partial charge in [-0.3, -0.25) is 19.3 Å². The number of carbonyl (C=O) groups is 3. The normalized spacial score (nSPS) is 14.0. The van der Waals surface area contributed by atoms with Gasteiger partial charge in [0.1, 0.15) is 6.54 Å². The lowest BCUT2D eigenvalue weighted by Crippen LogP contribution is -2.42. The van der Waals surface area contributed by atoms with Crippen molar-refractivity contribution in [3.05, 3.63) is 28.8 Å². The van der Waals surface area contributed by atoms with Gasteiger partial charge in [-0.2, -0.15) is 0 Å². The van der Waals surface area contributed by atoms with Gasteiger partial charge in [-0.05, 0) is 32.0 Å². The number of anilines is 1. The van der Waals surface area contributed by atoms with E-state index in [1.807, 2.05) is 13.8 Å². The fraction of sp³-hybridized carbons (Fsp3) is 0.308. The van der Waals surface area contributed by atoms with Gasteiger partial charge in [0.25, 0.3) is 11.7 Å². The summed E-state index contributed by atoms with van der Waals surface area (Å²) >= 11 is 5.86. The SMILES string of the molecule is CC(C)NC(=O)CN1C(=O)C(=O)c2ccc(Cl)cc21. The number of benzene rings is 1. The molecule has 1 aliphatic heterocycles. The lowest BCUT2D eigenvalue weighted by Gasteiger charge is -2.17. The van der Waals surface area contributed by atoms with E-state index in [4.69, 9.17) is 11.6 Å². The van der Waals surface area contributed by atoms with Gasteiger partial charge in [0, 0.05) is 11.1 Å². The summed E-state index contributed by atoms with van der Waals surface area (Å²) < 4.78 is 0. The molecule has 1 aromatic carbocycles. The van der Waals surface area contributed by atoms with Crippen LogP contribution in [0.25, 0.3) is 0 Å². The number of carbonyl (C=O) groups excluding carboxylic acids is 3. The minimum absolute atomic E-state index is 0.0280. The Bertz CT molecular complexity index is 569. The maximum atomic E-state index is 11.8. The highest BCUT2D eigenvalue weighted by Crippen LogP contribution is 2.31. The molecule has 19 heavy (non-hydrogen) atoms. The molecule has 2 rings (SSSR count). The molecule has 0 saturated heterocycles. The first-order valence-electron chi connectivity index (χ1n) is 5.85. The first-order chi connectivity index (χ1) is 8.90. The van der Waals surface area contributed by atoms with E-state index >= 15 is 0 Å². The fourth-order valence-corrected chi connectivity index (χ4v) is 2.10. The third kappa shape index (κ3) is 2.61. The Morgan fingerprint density at radius 1 is 1.37 bits per heavy atom. The van der Waals surface area contributed by atoms with Crippen LogP contribution in [0.5, 0.6) is 0 Å². The van der Waals surface area contributed by atoms with Crippen molar-refractivity contribution in [2.75, 3.05) is 11.4 Å². The third-order valence-electron chi connectivity index (χ3n) is 2.69. The van der Waals surface area contributed by atoms with Crippen LogP contribution in [0.3, 0.4) is 0 Å². The summed E-state index contributed by atoms with van der Waals surface area (Å²) in [4.78, 5) is 36.5. The number of Topliss-reactive ketones (excluding diaryl/α,β-unsaturated/α-hetero) is 1. The Morgan fingerprint density at radius 2 is 2.05 bits per heavy atom. The predicted octanol–water partition coefficient (Wildman–Crippen LogP) is 1.39. The smallest absolute Gasteiger partial charge is 0.299 e. The van der Waals surface area contributed by atoms with E-state index in [2.05, 4.69) is 5.32 Å². The zero-order chi connectivity index (χ0) is 14.2. The number of amides is 2. The van der Waals surface area contributed by atoms with Gasteiger partial charge in [-0.25, -0.2) is 0 Å². The van der Waals surface area contributed by atoms with Crippen LogP contribution in [0.15, 0.2) is 18.2 Å². The quantitative estimate of drug-likeness (QED) is 0.851. The number of hydrogen-bond acceptors (Lipinski definition) is 3. The van der Waals surface area contributed by atoms with Crippen LogP contribution in [-0.2, 0) is 9.59 Å². The van der Waals surface area contributed by atoms with Gasteiger partial charge >= 0.3 is 0 Å². The average molecular weight is 281 g/mol. The molecule has 2 amide bonds. The average Bonchev–Trinajstić information content (AvgIpc) is 2.53. The maximum absolute atomic E-state index is 11.8. The van der Waals surface area contributed by atoms with Crippen molar-refractivity contribution in [2.45, 2.75) is 19.9 Å². The zero-order valence-corrected chi connectivity index (χ0v) is 11.3. The highest BCUT2D eigenvalue weighted by atomic mass is 35.5. The topological polar surface area (TPSA) is 66.5 Å². The number of ketones is 1. The summed E-state index contributed by atoms with van der Waals surface area (Å²) in [5, 5.41) is 3.09. The van der Waals surface area contributed by atoms with E-state index in [0.29, 0.717) is 10.7 Å². The second-order valence-electron chi connectivity index (χ2n) is 4.60. The number of rotatable bonds is 3. The van der Waals surface area contributed by atoms with Crippen molar-refractivity contribution >= 4 is 34.9 Å². The molecule has 0 saturated carbocycles. The van der Waals surface area contributed by atoms with Crippen molar-refractivity contribution in [1.29, 1.82) is 0 Å². The van der Waals surface area contributed by atoms with E-state index in [-0.39, 0.29) is 24.1 Å². The highest BCUT2D eigenvalue weighted by Gasteiger charge is 2.36. The number of nitrogens with zero attached hydrogens (tertiary/aromatic N) is 1. The molecule has 0 fully saturated rings. The minimum atomic E-state index is -0.698. The maximum Gasteiger partial charge on any atom is 0.299 e. The van der Waals surface area contributed by atoms with Crippen LogP contribution in [-0.4, -0.2) is 30.2 Å². The Hall–Kier alpha value is -1.88.